The molecule has 0 radical (unpaired) electrons. The molecule has 0 spiro atoms. The van der Waals surface area contributed by atoms with Crippen molar-refractivity contribution in [1.82, 2.24) is 0 Å². The number of unbranched alkanes of at least 4 members (excludes halogenated alkanes) is 6. The summed E-state index contributed by atoms with van der Waals surface area (Å²) in [5.41, 5.74) is 4.43. The molecule has 4 heteroatoms. The molecular weight excluding hydrogens is 511 g/mol. The average molecular weight is 556 g/mol. The van der Waals surface area contributed by atoms with Crippen LogP contribution < -0.4 is 18.9 Å². The molecule has 0 aliphatic rings. The van der Waals surface area contributed by atoms with Gasteiger partial charge >= 0.3 is 7.94 Å². The van der Waals surface area contributed by atoms with E-state index in [0.29, 0.717) is 0 Å². The quantitative estimate of drug-likeness (QED) is 0.108. The molecule has 0 fully saturated rings. The SMILES string of the molecule is CCCCCCCCCc1ccc([P+](Oc2ccccc2C)(Oc2ccccc2C)Oc2ccccc2C)cc1. The van der Waals surface area contributed by atoms with Gasteiger partial charge in [-0.05, 0) is 86.2 Å². The van der Waals surface area contributed by atoms with Gasteiger partial charge in [-0.1, -0.05) is 112 Å². The van der Waals surface area contributed by atoms with Gasteiger partial charge in [-0.3, -0.25) is 13.6 Å². The highest BCUT2D eigenvalue weighted by Gasteiger charge is 2.54. The Kier molecular flexibility index (Phi) is 11.1. The maximum absolute atomic E-state index is 6.89. The molecule has 40 heavy (non-hydrogen) atoms. The zero-order valence-electron chi connectivity index (χ0n) is 24.6. The molecule has 0 aromatic heterocycles. The second-order valence-corrected chi connectivity index (χ2v) is 12.7. The van der Waals surface area contributed by atoms with Crippen LogP contribution in [0.5, 0.6) is 17.2 Å². The molecule has 0 amide bonds. The van der Waals surface area contributed by atoms with Crippen LogP contribution in [0, 0.1) is 20.8 Å². The number of rotatable bonds is 15. The molecule has 0 saturated heterocycles. The van der Waals surface area contributed by atoms with Crippen LogP contribution in [0.25, 0.3) is 0 Å². The highest BCUT2D eigenvalue weighted by molar-refractivity contribution is 7.70. The monoisotopic (exact) mass is 555 g/mol. The maximum Gasteiger partial charge on any atom is 0.580 e. The molecule has 0 unspecified atom stereocenters. The number of hydrogen-bond donors (Lipinski definition) is 0. The van der Waals surface area contributed by atoms with Gasteiger partial charge in [0.1, 0.15) is 0 Å². The van der Waals surface area contributed by atoms with Gasteiger partial charge in [0.15, 0.2) is 17.2 Å². The lowest BCUT2D eigenvalue weighted by Gasteiger charge is -2.24. The largest absolute Gasteiger partial charge is 0.580 e. The van der Waals surface area contributed by atoms with Gasteiger partial charge in [0, 0.05) is 0 Å². The first-order chi connectivity index (χ1) is 19.5. The lowest BCUT2D eigenvalue weighted by molar-refractivity contribution is 0.366. The van der Waals surface area contributed by atoms with Crippen molar-refractivity contribution in [3.05, 3.63) is 119 Å². The highest BCUT2D eigenvalue weighted by atomic mass is 31.2. The summed E-state index contributed by atoms with van der Waals surface area (Å²) in [5.74, 6) is 2.26. The second kappa shape index (κ2) is 14.9. The smallest absolute Gasteiger partial charge is 0.267 e. The zero-order valence-corrected chi connectivity index (χ0v) is 25.5. The third kappa shape index (κ3) is 8.12. The molecule has 0 saturated carbocycles. The first-order valence-electron chi connectivity index (χ1n) is 14.7. The minimum Gasteiger partial charge on any atom is -0.267 e. The fourth-order valence-electron chi connectivity index (χ4n) is 4.71. The Bertz CT molecular complexity index is 1220. The van der Waals surface area contributed by atoms with Crippen molar-refractivity contribution >= 4 is 13.2 Å². The van der Waals surface area contributed by atoms with Crippen LogP contribution in [0.3, 0.4) is 0 Å². The number of hydrogen-bond acceptors (Lipinski definition) is 3. The van der Waals surface area contributed by atoms with Crippen molar-refractivity contribution in [1.29, 1.82) is 0 Å². The summed E-state index contributed by atoms with van der Waals surface area (Å²) in [5, 5.41) is 0.908. The minimum atomic E-state index is -3.16. The van der Waals surface area contributed by atoms with Gasteiger partial charge < -0.3 is 0 Å². The Morgan fingerprint density at radius 2 is 0.875 bits per heavy atom. The Hall–Kier alpha value is -3.29. The third-order valence-electron chi connectivity index (χ3n) is 7.26. The molecule has 0 atom stereocenters. The summed E-state index contributed by atoms with van der Waals surface area (Å²) in [6.07, 6.45) is 10.3. The van der Waals surface area contributed by atoms with Crippen LogP contribution >= 0.6 is 7.94 Å². The van der Waals surface area contributed by atoms with Crippen molar-refractivity contribution < 1.29 is 13.6 Å². The number of benzene rings is 4. The molecule has 0 heterocycles. The molecule has 3 nitrogen and oxygen atoms in total. The summed E-state index contributed by atoms with van der Waals surface area (Å²) in [4.78, 5) is 0. The maximum atomic E-state index is 6.89. The summed E-state index contributed by atoms with van der Waals surface area (Å²) >= 11 is 0. The fourth-order valence-corrected chi connectivity index (χ4v) is 7.04. The van der Waals surface area contributed by atoms with Gasteiger partial charge in [-0.2, -0.15) is 0 Å². The highest BCUT2D eigenvalue weighted by Crippen LogP contribution is 2.60. The predicted molar refractivity (Wildman–Crippen MR) is 170 cm³/mol. The van der Waals surface area contributed by atoms with Gasteiger partial charge in [0.25, 0.3) is 0 Å². The first kappa shape index (κ1) is 29.7. The number of aryl methyl sites for hydroxylation is 4. The van der Waals surface area contributed by atoms with Crippen molar-refractivity contribution in [2.24, 2.45) is 0 Å². The van der Waals surface area contributed by atoms with Crippen molar-refractivity contribution in [3.8, 4) is 17.2 Å². The summed E-state index contributed by atoms with van der Waals surface area (Å²) in [6, 6.07) is 32.8. The van der Waals surface area contributed by atoms with Crippen LogP contribution in [0.15, 0.2) is 97.1 Å². The van der Waals surface area contributed by atoms with E-state index in [1.54, 1.807) is 0 Å². The zero-order chi connectivity index (χ0) is 28.2. The van der Waals surface area contributed by atoms with E-state index in [1.807, 2.05) is 54.6 Å². The topological polar surface area (TPSA) is 27.7 Å². The molecule has 0 aliphatic heterocycles. The summed E-state index contributed by atoms with van der Waals surface area (Å²) < 4.78 is 20.7. The van der Waals surface area contributed by atoms with E-state index < -0.39 is 7.94 Å². The molecular formula is C36H44O3P+. The van der Waals surface area contributed by atoms with Crippen LogP contribution in [0.2, 0.25) is 0 Å². The molecule has 0 N–H and O–H groups in total. The van der Waals surface area contributed by atoms with Gasteiger partial charge in [-0.25, -0.2) is 0 Å². The summed E-state index contributed by atoms with van der Waals surface area (Å²) in [6.45, 7) is 8.43. The van der Waals surface area contributed by atoms with Crippen LogP contribution in [0.4, 0.5) is 0 Å². The van der Waals surface area contributed by atoms with E-state index in [1.165, 1.54) is 50.5 Å². The third-order valence-corrected chi connectivity index (χ3v) is 9.50. The van der Waals surface area contributed by atoms with Crippen molar-refractivity contribution in [2.75, 3.05) is 0 Å². The minimum absolute atomic E-state index is 0.755. The average Bonchev–Trinajstić information content (AvgIpc) is 2.96. The van der Waals surface area contributed by atoms with Crippen LogP contribution in [-0.2, 0) is 6.42 Å². The molecule has 4 rings (SSSR count). The Balaban J connectivity index is 1.67. The summed E-state index contributed by atoms with van der Waals surface area (Å²) in [7, 11) is -3.16. The normalized spacial score (nSPS) is 11.3. The van der Waals surface area contributed by atoms with Crippen molar-refractivity contribution in [3.63, 3.8) is 0 Å². The molecule has 4 aromatic rings. The van der Waals surface area contributed by atoms with E-state index in [9.17, 15) is 0 Å². The van der Waals surface area contributed by atoms with E-state index in [0.717, 1.165) is 45.7 Å². The van der Waals surface area contributed by atoms with E-state index in [-0.39, 0.29) is 0 Å². The Morgan fingerprint density at radius 1 is 0.475 bits per heavy atom. The molecule has 0 bridgehead atoms. The Morgan fingerprint density at radius 3 is 1.30 bits per heavy atom. The second-order valence-electron chi connectivity index (χ2n) is 10.6. The lowest BCUT2D eigenvalue weighted by Crippen LogP contribution is -2.27. The van der Waals surface area contributed by atoms with E-state index >= 15 is 0 Å². The Labute approximate surface area is 242 Å². The fraction of sp³-hybridized carbons (Fsp3) is 0.333. The van der Waals surface area contributed by atoms with Crippen LogP contribution in [-0.4, -0.2) is 0 Å². The molecule has 0 aliphatic carbocycles. The first-order valence-corrected chi connectivity index (χ1v) is 16.3. The van der Waals surface area contributed by atoms with Gasteiger partial charge in [0.05, 0.1) is 0 Å². The van der Waals surface area contributed by atoms with E-state index in [2.05, 4.69) is 70.2 Å². The van der Waals surface area contributed by atoms with Crippen molar-refractivity contribution in [2.45, 2.75) is 79.1 Å². The molecule has 4 aromatic carbocycles. The predicted octanol–water partition coefficient (Wildman–Crippen LogP) is 10.5. The molecule has 210 valence electrons. The standard InChI is InChI=1S/C36H44O3P/c1-5-6-7-8-9-10-11-21-32-25-27-33(28-26-32)40(37-34-22-15-12-18-29(34)2,38-35-23-16-13-19-30(35)3)39-36-24-17-14-20-31(36)4/h12-20,22-28H,5-11,21H2,1-4H3/q+1. The number of para-hydroxylation sites is 3. The van der Waals surface area contributed by atoms with Crippen LogP contribution in [0.1, 0.15) is 74.1 Å². The van der Waals surface area contributed by atoms with E-state index in [4.69, 9.17) is 13.6 Å². The van der Waals surface area contributed by atoms with Gasteiger partial charge in [-0.15, -0.1) is 0 Å². The van der Waals surface area contributed by atoms with Gasteiger partial charge in [0.2, 0.25) is 5.30 Å². The lowest BCUT2D eigenvalue weighted by atomic mass is 10.0.